The highest BCUT2D eigenvalue weighted by Crippen LogP contribution is 2.03. The SMILES string of the molecule is C=CCCC[C@@H](F)CO. The topological polar surface area (TPSA) is 20.2 Å². The molecule has 0 unspecified atom stereocenters. The number of hydrogen-bond donors (Lipinski definition) is 1. The average molecular weight is 132 g/mol. The van der Waals surface area contributed by atoms with Crippen LogP contribution in [0.5, 0.6) is 0 Å². The number of allylic oxidation sites excluding steroid dienone is 1. The normalized spacial score (nSPS) is 13.1. The van der Waals surface area contributed by atoms with Crippen molar-refractivity contribution in [3.05, 3.63) is 12.7 Å². The first kappa shape index (κ1) is 8.63. The largest absolute Gasteiger partial charge is 0.393 e. The highest BCUT2D eigenvalue weighted by atomic mass is 19.1. The fraction of sp³-hybridized carbons (Fsp3) is 0.714. The van der Waals surface area contributed by atoms with E-state index >= 15 is 0 Å². The Bertz CT molecular complexity index is 73.3. The van der Waals surface area contributed by atoms with E-state index in [1.54, 1.807) is 6.08 Å². The van der Waals surface area contributed by atoms with Gasteiger partial charge in [-0.05, 0) is 19.3 Å². The molecule has 0 aromatic heterocycles. The molecule has 0 saturated carbocycles. The van der Waals surface area contributed by atoms with Crippen LogP contribution >= 0.6 is 0 Å². The Morgan fingerprint density at radius 3 is 2.78 bits per heavy atom. The van der Waals surface area contributed by atoms with E-state index in [4.69, 9.17) is 5.11 Å². The fourth-order valence-electron chi connectivity index (χ4n) is 0.575. The maximum atomic E-state index is 12.2. The molecule has 0 heterocycles. The van der Waals surface area contributed by atoms with Gasteiger partial charge in [-0.15, -0.1) is 6.58 Å². The summed E-state index contributed by atoms with van der Waals surface area (Å²) in [7, 11) is 0. The van der Waals surface area contributed by atoms with Crippen LogP contribution in [-0.4, -0.2) is 17.9 Å². The molecule has 1 atom stereocenters. The predicted octanol–water partition coefficient (Wildman–Crippen LogP) is 1.67. The van der Waals surface area contributed by atoms with Gasteiger partial charge in [0.1, 0.15) is 6.17 Å². The minimum atomic E-state index is -1.04. The van der Waals surface area contributed by atoms with Crippen LogP contribution in [0.25, 0.3) is 0 Å². The molecule has 0 aromatic rings. The number of alkyl halides is 1. The Kier molecular flexibility index (Phi) is 5.52. The molecule has 0 radical (unpaired) electrons. The third-order valence-electron chi connectivity index (χ3n) is 1.12. The zero-order chi connectivity index (χ0) is 7.11. The summed E-state index contributed by atoms with van der Waals surface area (Å²) in [6.45, 7) is 3.15. The van der Waals surface area contributed by atoms with Crippen molar-refractivity contribution in [1.82, 2.24) is 0 Å². The maximum Gasteiger partial charge on any atom is 0.123 e. The Morgan fingerprint density at radius 1 is 1.67 bits per heavy atom. The lowest BCUT2D eigenvalue weighted by molar-refractivity contribution is 0.168. The van der Waals surface area contributed by atoms with Crippen molar-refractivity contribution in [3.63, 3.8) is 0 Å². The second-order valence-electron chi connectivity index (χ2n) is 2.00. The first-order chi connectivity index (χ1) is 4.31. The molecule has 0 fully saturated rings. The monoisotopic (exact) mass is 132 g/mol. The van der Waals surface area contributed by atoms with Crippen molar-refractivity contribution in [2.45, 2.75) is 25.4 Å². The van der Waals surface area contributed by atoms with Gasteiger partial charge in [-0.3, -0.25) is 0 Å². The Hall–Kier alpha value is -0.370. The number of halogens is 1. The molecule has 2 heteroatoms. The van der Waals surface area contributed by atoms with Crippen LogP contribution in [0.4, 0.5) is 4.39 Å². The molecule has 0 aliphatic heterocycles. The van der Waals surface area contributed by atoms with Crippen LogP contribution in [0, 0.1) is 0 Å². The van der Waals surface area contributed by atoms with E-state index in [1.807, 2.05) is 0 Å². The summed E-state index contributed by atoms with van der Waals surface area (Å²) >= 11 is 0. The minimum absolute atomic E-state index is 0.350. The van der Waals surface area contributed by atoms with E-state index in [-0.39, 0.29) is 6.61 Å². The van der Waals surface area contributed by atoms with Gasteiger partial charge in [0, 0.05) is 0 Å². The first-order valence-corrected chi connectivity index (χ1v) is 3.17. The van der Waals surface area contributed by atoms with Crippen LogP contribution in [0.3, 0.4) is 0 Å². The minimum Gasteiger partial charge on any atom is -0.393 e. The standard InChI is InChI=1S/C7H13FO/c1-2-3-4-5-7(8)6-9/h2,7,9H,1,3-6H2/t7-/m1/s1. The lowest BCUT2D eigenvalue weighted by Crippen LogP contribution is -2.04. The number of unbranched alkanes of at least 4 members (excludes halogenated alkanes) is 1. The Labute approximate surface area is 55.2 Å². The first-order valence-electron chi connectivity index (χ1n) is 3.17. The lowest BCUT2D eigenvalue weighted by atomic mass is 10.2. The molecule has 0 saturated heterocycles. The van der Waals surface area contributed by atoms with Crippen LogP contribution in [0.2, 0.25) is 0 Å². The molecule has 0 aliphatic carbocycles. The van der Waals surface area contributed by atoms with Crippen LogP contribution in [0.15, 0.2) is 12.7 Å². The smallest absolute Gasteiger partial charge is 0.123 e. The Morgan fingerprint density at radius 2 is 2.33 bits per heavy atom. The molecule has 0 aliphatic rings. The third kappa shape index (κ3) is 5.50. The van der Waals surface area contributed by atoms with Gasteiger partial charge in [0.25, 0.3) is 0 Å². The maximum absolute atomic E-state index is 12.2. The molecule has 0 aromatic carbocycles. The van der Waals surface area contributed by atoms with Gasteiger partial charge >= 0.3 is 0 Å². The number of rotatable bonds is 5. The summed E-state index contributed by atoms with van der Waals surface area (Å²) in [5.41, 5.74) is 0. The highest BCUT2D eigenvalue weighted by Gasteiger charge is 2.01. The number of hydrogen-bond acceptors (Lipinski definition) is 1. The number of aliphatic hydroxyl groups excluding tert-OH is 1. The van der Waals surface area contributed by atoms with Gasteiger partial charge in [0.15, 0.2) is 0 Å². The van der Waals surface area contributed by atoms with Gasteiger partial charge in [0.05, 0.1) is 6.61 Å². The van der Waals surface area contributed by atoms with E-state index in [0.717, 1.165) is 12.8 Å². The molecule has 0 bridgehead atoms. The molecule has 0 rings (SSSR count). The second kappa shape index (κ2) is 5.76. The highest BCUT2D eigenvalue weighted by molar-refractivity contribution is 4.67. The van der Waals surface area contributed by atoms with Crippen molar-refractivity contribution in [2.24, 2.45) is 0 Å². The van der Waals surface area contributed by atoms with E-state index < -0.39 is 6.17 Å². The van der Waals surface area contributed by atoms with Gasteiger partial charge in [-0.1, -0.05) is 6.08 Å². The van der Waals surface area contributed by atoms with Crippen molar-refractivity contribution < 1.29 is 9.50 Å². The van der Waals surface area contributed by atoms with E-state index in [9.17, 15) is 4.39 Å². The van der Waals surface area contributed by atoms with E-state index in [2.05, 4.69) is 6.58 Å². The van der Waals surface area contributed by atoms with E-state index in [1.165, 1.54) is 0 Å². The van der Waals surface area contributed by atoms with Crippen molar-refractivity contribution >= 4 is 0 Å². The molecule has 0 amide bonds. The van der Waals surface area contributed by atoms with Crippen molar-refractivity contribution in [3.8, 4) is 0 Å². The van der Waals surface area contributed by atoms with E-state index in [0.29, 0.717) is 6.42 Å². The molecule has 1 nitrogen and oxygen atoms in total. The van der Waals surface area contributed by atoms with Crippen LogP contribution in [0.1, 0.15) is 19.3 Å². The summed E-state index contributed by atoms with van der Waals surface area (Å²) in [5, 5.41) is 8.23. The molecule has 1 N–H and O–H groups in total. The van der Waals surface area contributed by atoms with Crippen LogP contribution < -0.4 is 0 Å². The zero-order valence-corrected chi connectivity index (χ0v) is 5.52. The van der Waals surface area contributed by atoms with Gasteiger partial charge < -0.3 is 5.11 Å². The summed E-state index contributed by atoms with van der Waals surface area (Å²) in [6.07, 6.45) is 2.78. The lowest BCUT2D eigenvalue weighted by Gasteiger charge is -2.00. The molecule has 0 spiro atoms. The summed E-state index contributed by atoms with van der Waals surface area (Å²) in [5.74, 6) is 0. The average Bonchev–Trinajstić information content (AvgIpc) is 1.89. The molecular formula is C7H13FO. The molecule has 9 heavy (non-hydrogen) atoms. The summed E-state index contributed by atoms with van der Waals surface area (Å²) in [6, 6.07) is 0. The van der Waals surface area contributed by atoms with Crippen LogP contribution in [-0.2, 0) is 0 Å². The van der Waals surface area contributed by atoms with Gasteiger partial charge in [-0.2, -0.15) is 0 Å². The van der Waals surface area contributed by atoms with Gasteiger partial charge in [0.2, 0.25) is 0 Å². The summed E-state index contributed by atoms with van der Waals surface area (Å²) < 4.78 is 12.2. The predicted molar refractivity (Wildman–Crippen MR) is 36.0 cm³/mol. The molecular weight excluding hydrogens is 119 g/mol. The zero-order valence-electron chi connectivity index (χ0n) is 5.52. The van der Waals surface area contributed by atoms with Crippen molar-refractivity contribution in [2.75, 3.05) is 6.61 Å². The Balaban J connectivity index is 2.96. The van der Waals surface area contributed by atoms with Crippen molar-refractivity contribution in [1.29, 1.82) is 0 Å². The fourth-order valence-corrected chi connectivity index (χ4v) is 0.575. The second-order valence-corrected chi connectivity index (χ2v) is 2.00. The van der Waals surface area contributed by atoms with Gasteiger partial charge in [-0.25, -0.2) is 4.39 Å². The quantitative estimate of drug-likeness (QED) is 0.445. The molecule has 54 valence electrons. The summed E-state index contributed by atoms with van der Waals surface area (Å²) in [4.78, 5) is 0. The number of aliphatic hydroxyl groups is 1. The third-order valence-corrected chi connectivity index (χ3v) is 1.12.